The van der Waals surface area contributed by atoms with Crippen molar-refractivity contribution >= 4 is 0 Å². The third-order valence-corrected chi connectivity index (χ3v) is 4.08. The van der Waals surface area contributed by atoms with E-state index in [0.29, 0.717) is 50.5 Å². The number of nitrogens with one attached hydrogen (secondary N) is 1. The van der Waals surface area contributed by atoms with Crippen LogP contribution in [0.4, 0.5) is 8.78 Å². The lowest BCUT2D eigenvalue weighted by atomic mass is 10.0. The molecule has 0 spiro atoms. The predicted octanol–water partition coefficient (Wildman–Crippen LogP) is 1.74. The van der Waals surface area contributed by atoms with Gasteiger partial charge in [-0.25, -0.2) is 13.8 Å². The number of hydrogen-bond donors (Lipinski definition) is 1. The minimum atomic E-state index is -0.831. The summed E-state index contributed by atoms with van der Waals surface area (Å²) in [7, 11) is 0. The fourth-order valence-corrected chi connectivity index (χ4v) is 2.95. The summed E-state index contributed by atoms with van der Waals surface area (Å²) >= 11 is 0. The molecule has 0 amide bonds. The number of halogens is 2. The molecule has 1 aromatic carbocycles. The van der Waals surface area contributed by atoms with E-state index in [-0.39, 0.29) is 11.5 Å². The smallest absolute Gasteiger partial charge is 0.250 e. The van der Waals surface area contributed by atoms with Crippen molar-refractivity contribution in [2.75, 3.05) is 26.3 Å². The highest BCUT2D eigenvalue weighted by Crippen LogP contribution is 2.17. The van der Waals surface area contributed by atoms with Crippen LogP contribution in [0.1, 0.15) is 11.3 Å². The third-order valence-electron chi connectivity index (χ3n) is 4.08. The molecule has 24 heavy (non-hydrogen) atoms. The highest BCUT2D eigenvalue weighted by atomic mass is 19.2. The van der Waals surface area contributed by atoms with E-state index >= 15 is 0 Å². The molecule has 1 fully saturated rings. The van der Waals surface area contributed by atoms with Crippen molar-refractivity contribution < 1.29 is 13.5 Å². The highest BCUT2D eigenvalue weighted by molar-refractivity contribution is 5.18. The van der Waals surface area contributed by atoms with E-state index in [1.807, 2.05) is 4.90 Å². The average molecular weight is 335 g/mol. The van der Waals surface area contributed by atoms with E-state index in [2.05, 4.69) is 9.97 Å². The Labute approximate surface area is 138 Å². The van der Waals surface area contributed by atoms with Crippen LogP contribution in [-0.4, -0.2) is 41.2 Å². The molecule has 1 aromatic heterocycles. The Balaban J connectivity index is 1.68. The summed E-state index contributed by atoms with van der Waals surface area (Å²) in [5.74, 6) is -1.49. The molecule has 1 atom stereocenters. The largest absolute Gasteiger partial charge is 0.380 e. The molecule has 0 aliphatic carbocycles. The first-order valence-electron chi connectivity index (χ1n) is 7.88. The maximum absolute atomic E-state index is 13.9. The zero-order valence-electron chi connectivity index (χ0n) is 13.2. The summed E-state index contributed by atoms with van der Waals surface area (Å²) < 4.78 is 32.8. The first-order chi connectivity index (χ1) is 11.6. The second-order valence-electron chi connectivity index (χ2n) is 6.00. The van der Waals surface area contributed by atoms with Crippen molar-refractivity contribution in [1.82, 2.24) is 14.9 Å². The molecule has 1 aliphatic heterocycles. The van der Waals surface area contributed by atoms with Crippen molar-refractivity contribution in [1.29, 1.82) is 0 Å². The van der Waals surface area contributed by atoms with E-state index in [9.17, 15) is 13.6 Å². The minimum Gasteiger partial charge on any atom is -0.380 e. The Bertz CT molecular complexity index is 751. The molecule has 0 bridgehead atoms. The van der Waals surface area contributed by atoms with E-state index in [1.165, 1.54) is 18.5 Å². The van der Waals surface area contributed by atoms with Crippen LogP contribution in [0, 0.1) is 17.6 Å². The molecule has 0 saturated carbocycles. The average Bonchev–Trinajstić information content (AvgIpc) is 2.77. The second kappa shape index (κ2) is 7.63. The maximum atomic E-state index is 13.9. The molecular formula is C17H19F2N3O2. The zero-order valence-corrected chi connectivity index (χ0v) is 13.2. The molecular weight excluding hydrogens is 316 g/mol. The number of hydrogen-bond acceptors (Lipinski definition) is 4. The van der Waals surface area contributed by atoms with Gasteiger partial charge in [-0.05, 0) is 12.5 Å². The summed E-state index contributed by atoms with van der Waals surface area (Å²) in [6.07, 6.45) is 1.99. The number of H-pyrrole nitrogens is 1. The van der Waals surface area contributed by atoms with E-state index in [0.717, 1.165) is 6.07 Å². The molecule has 7 heteroatoms. The summed E-state index contributed by atoms with van der Waals surface area (Å²) in [4.78, 5) is 20.1. The van der Waals surface area contributed by atoms with Crippen LogP contribution in [-0.2, 0) is 17.7 Å². The third kappa shape index (κ3) is 4.24. The molecule has 2 aromatic rings. The van der Waals surface area contributed by atoms with Crippen molar-refractivity contribution in [3.05, 3.63) is 63.8 Å². The van der Waals surface area contributed by atoms with E-state index in [4.69, 9.17) is 4.74 Å². The maximum Gasteiger partial charge on any atom is 0.250 e. The van der Waals surface area contributed by atoms with Gasteiger partial charge in [0.05, 0.1) is 19.5 Å². The first-order valence-corrected chi connectivity index (χ1v) is 7.88. The Morgan fingerprint density at radius 1 is 1.38 bits per heavy atom. The number of benzene rings is 1. The van der Waals surface area contributed by atoms with Gasteiger partial charge in [-0.3, -0.25) is 9.69 Å². The molecule has 1 N–H and O–H groups in total. The number of aromatic nitrogens is 2. The van der Waals surface area contributed by atoms with Gasteiger partial charge in [-0.15, -0.1) is 0 Å². The molecule has 0 unspecified atom stereocenters. The lowest BCUT2D eigenvalue weighted by Crippen LogP contribution is -2.31. The van der Waals surface area contributed by atoms with Crippen molar-refractivity contribution in [3.63, 3.8) is 0 Å². The second-order valence-corrected chi connectivity index (χ2v) is 6.00. The summed E-state index contributed by atoms with van der Waals surface area (Å²) in [6.45, 7) is 2.73. The van der Waals surface area contributed by atoms with Gasteiger partial charge in [0.15, 0.2) is 11.6 Å². The zero-order chi connectivity index (χ0) is 16.9. The number of rotatable bonds is 4. The summed E-state index contributed by atoms with van der Waals surface area (Å²) in [5, 5.41) is 0. The minimum absolute atomic E-state index is 0.137. The predicted molar refractivity (Wildman–Crippen MR) is 84.5 cm³/mol. The van der Waals surface area contributed by atoms with Crippen LogP contribution < -0.4 is 5.56 Å². The summed E-state index contributed by atoms with van der Waals surface area (Å²) in [6, 6.07) is 5.70. The molecule has 128 valence electrons. The van der Waals surface area contributed by atoms with Crippen LogP contribution in [0.5, 0.6) is 0 Å². The first kappa shape index (κ1) is 16.7. The number of aromatic amines is 1. The Hall–Kier alpha value is -2.12. The number of nitrogens with zero attached hydrogens (tertiary/aromatic N) is 2. The molecule has 0 radical (unpaired) electrons. The van der Waals surface area contributed by atoms with Crippen LogP contribution >= 0.6 is 0 Å². The number of ether oxygens (including phenoxy) is 1. The SMILES string of the molecule is O=c1cc(C[C@@H]2COCCN(Cc3cccc(F)c3F)C2)nc[nH]1. The van der Waals surface area contributed by atoms with Gasteiger partial charge >= 0.3 is 0 Å². The van der Waals surface area contributed by atoms with E-state index in [1.54, 1.807) is 6.07 Å². The Morgan fingerprint density at radius 2 is 2.25 bits per heavy atom. The van der Waals surface area contributed by atoms with Gasteiger partial charge in [-0.1, -0.05) is 12.1 Å². The molecule has 5 nitrogen and oxygen atoms in total. The standard InChI is InChI=1S/C17H19F2N3O2/c18-15-3-1-2-13(17(15)19)9-22-4-5-24-10-12(8-22)6-14-7-16(23)21-11-20-14/h1-3,7,11-12H,4-6,8-10H2,(H,20,21,23)/t12-/m0/s1. The molecule has 1 saturated heterocycles. The molecule has 2 heterocycles. The monoisotopic (exact) mass is 335 g/mol. The lowest BCUT2D eigenvalue weighted by molar-refractivity contribution is 0.121. The van der Waals surface area contributed by atoms with Gasteiger partial charge in [0.1, 0.15) is 0 Å². The molecule has 3 rings (SSSR count). The lowest BCUT2D eigenvalue weighted by Gasteiger charge is -2.23. The fraction of sp³-hybridized carbons (Fsp3) is 0.412. The van der Waals surface area contributed by atoms with Crippen molar-refractivity contribution in [2.45, 2.75) is 13.0 Å². The topological polar surface area (TPSA) is 58.2 Å². The Morgan fingerprint density at radius 3 is 3.08 bits per heavy atom. The van der Waals surface area contributed by atoms with Gasteiger partial charge < -0.3 is 9.72 Å². The van der Waals surface area contributed by atoms with Crippen LogP contribution in [0.2, 0.25) is 0 Å². The highest BCUT2D eigenvalue weighted by Gasteiger charge is 2.21. The Kier molecular flexibility index (Phi) is 5.32. The summed E-state index contributed by atoms with van der Waals surface area (Å²) in [5.41, 5.74) is 0.851. The van der Waals surface area contributed by atoms with Gasteiger partial charge in [0, 0.05) is 42.9 Å². The normalized spacial score (nSPS) is 19.2. The molecule has 1 aliphatic rings. The van der Waals surface area contributed by atoms with Crippen molar-refractivity contribution in [2.24, 2.45) is 5.92 Å². The fourth-order valence-electron chi connectivity index (χ4n) is 2.95. The van der Waals surface area contributed by atoms with Gasteiger partial charge in [-0.2, -0.15) is 0 Å². The van der Waals surface area contributed by atoms with Crippen LogP contribution in [0.25, 0.3) is 0 Å². The van der Waals surface area contributed by atoms with Gasteiger partial charge in [0.25, 0.3) is 5.56 Å². The van der Waals surface area contributed by atoms with Crippen molar-refractivity contribution in [3.8, 4) is 0 Å². The van der Waals surface area contributed by atoms with Gasteiger partial charge in [0.2, 0.25) is 0 Å². The van der Waals surface area contributed by atoms with Crippen LogP contribution in [0.3, 0.4) is 0 Å². The quantitative estimate of drug-likeness (QED) is 0.925. The van der Waals surface area contributed by atoms with Crippen LogP contribution in [0.15, 0.2) is 35.4 Å². The van der Waals surface area contributed by atoms with E-state index < -0.39 is 11.6 Å².